The first-order valence-corrected chi connectivity index (χ1v) is 20.3. The van der Waals surface area contributed by atoms with Crippen LogP contribution in [-0.4, -0.2) is 26.3 Å². The van der Waals surface area contributed by atoms with Crippen LogP contribution in [0.2, 0.25) is 39.3 Å². The number of benzene rings is 3. The zero-order chi connectivity index (χ0) is 23.0. The van der Waals surface area contributed by atoms with Gasteiger partial charge in [-0.2, -0.15) is 0 Å². The van der Waals surface area contributed by atoms with E-state index in [0.717, 1.165) is 0 Å². The molecule has 166 valence electrons. The topological polar surface area (TPSA) is 12.5 Å². The number of nitrogens with zero attached hydrogens (tertiary/aromatic N) is 1. The Labute approximate surface area is 198 Å². The van der Waals surface area contributed by atoms with Crippen molar-refractivity contribution in [2.75, 3.05) is 0 Å². The zero-order valence-electron chi connectivity index (χ0n) is 19.9. The number of hydrogen-bond acceptors (Lipinski definition) is 1. The van der Waals surface area contributed by atoms with Crippen molar-refractivity contribution in [1.29, 1.82) is 0 Å². The van der Waals surface area contributed by atoms with E-state index in [9.17, 15) is 0 Å². The second kappa shape index (κ2) is 9.10. The summed E-state index contributed by atoms with van der Waals surface area (Å²) in [4.78, 5) is 0. The minimum atomic E-state index is -1.88. The molecule has 0 saturated carbocycles. The predicted octanol–water partition coefficient (Wildman–Crippen LogP) is 6.97. The van der Waals surface area contributed by atoms with Crippen molar-refractivity contribution in [2.24, 2.45) is 0 Å². The molecule has 6 heteroatoms. The molecule has 1 heterocycles. The molecular formula is C26H33NOP2Si2. The highest BCUT2D eigenvalue weighted by Crippen LogP contribution is 2.71. The summed E-state index contributed by atoms with van der Waals surface area (Å²) in [7, 11) is -3.06. The molecule has 0 aliphatic carbocycles. The summed E-state index contributed by atoms with van der Waals surface area (Å²) in [5.41, 5.74) is 0.899. The molecule has 0 amide bonds. The Balaban J connectivity index is 2.01. The fourth-order valence-electron chi connectivity index (χ4n) is 4.26. The van der Waals surface area contributed by atoms with Gasteiger partial charge in [0.05, 0.1) is 5.16 Å². The molecule has 1 saturated heterocycles. The van der Waals surface area contributed by atoms with E-state index in [4.69, 9.17) is 4.43 Å². The molecule has 1 fully saturated rings. The van der Waals surface area contributed by atoms with Crippen LogP contribution in [0.15, 0.2) is 91.0 Å². The van der Waals surface area contributed by atoms with E-state index in [2.05, 4.69) is 135 Å². The van der Waals surface area contributed by atoms with Crippen molar-refractivity contribution < 1.29 is 4.43 Å². The Kier molecular flexibility index (Phi) is 6.76. The molecule has 32 heavy (non-hydrogen) atoms. The molecule has 0 radical (unpaired) electrons. The average Bonchev–Trinajstić information content (AvgIpc) is 2.73. The molecule has 1 aliphatic rings. The Hall–Kier alpha value is -1.39. The molecule has 1 aliphatic heterocycles. The SMILES string of the molecule is C[Si](C)(C)OC1(c2ccccc2)N([Si](C)(C)C)C(=Pc2ccccc2)P1c1ccccc1. The predicted molar refractivity (Wildman–Crippen MR) is 149 cm³/mol. The quantitative estimate of drug-likeness (QED) is 0.272. The highest BCUT2D eigenvalue weighted by Gasteiger charge is 2.64. The average molecular weight is 494 g/mol. The van der Waals surface area contributed by atoms with E-state index < -0.39 is 29.9 Å². The Morgan fingerprint density at radius 3 is 1.72 bits per heavy atom. The summed E-state index contributed by atoms with van der Waals surface area (Å²) in [6.07, 6.45) is 0. The smallest absolute Gasteiger partial charge is 0.187 e. The van der Waals surface area contributed by atoms with Crippen molar-refractivity contribution in [2.45, 2.75) is 44.7 Å². The lowest BCUT2D eigenvalue weighted by atomic mass is 10.2. The molecule has 3 aromatic carbocycles. The van der Waals surface area contributed by atoms with Gasteiger partial charge < -0.3 is 4.43 Å². The maximum Gasteiger partial charge on any atom is 0.187 e. The van der Waals surface area contributed by atoms with Gasteiger partial charge in [-0.15, -0.1) is 0 Å². The van der Waals surface area contributed by atoms with Gasteiger partial charge in [0.2, 0.25) is 0 Å². The normalized spacial score (nSPS) is 23.2. The maximum atomic E-state index is 7.32. The van der Waals surface area contributed by atoms with Gasteiger partial charge in [-0.1, -0.05) is 111 Å². The summed E-state index contributed by atoms with van der Waals surface area (Å²) >= 11 is 0. The summed E-state index contributed by atoms with van der Waals surface area (Å²) in [6.45, 7) is 14.3. The first kappa shape index (κ1) is 23.8. The van der Waals surface area contributed by atoms with Crippen molar-refractivity contribution in [3.63, 3.8) is 0 Å². The lowest BCUT2D eigenvalue weighted by Crippen LogP contribution is -2.71. The molecule has 0 bridgehead atoms. The van der Waals surface area contributed by atoms with Gasteiger partial charge in [-0.25, -0.2) is 0 Å². The van der Waals surface area contributed by atoms with Gasteiger partial charge in [0, 0.05) is 18.8 Å². The third-order valence-electron chi connectivity index (χ3n) is 5.28. The molecule has 3 aromatic rings. The Morgan fingerprint density at radius 1 is 0.719 bits per heavy atom. The van der Waals surface area contributed by atoms with Crippen LogP contribution in [0.25, 0.3) is 0 Å². The minimum absolute atomic E-state index is 0.399. The second-order valence-corrected chi connectivity index (χ2v) is 23.1. The molecule has 4 rings (SSSR count). The fourth-order valence-corrected chi connectivity index (χ4v) is 16.3. The summed E-state index contributed by atoms with van der Waals surface area (Å²) in [6, 6.07) is 33.0. The van der Waals surface area contributed by atoms with E-state index in [1.54, 1.807) is 0 Å². The van der Waals surface area contributed by atoms with Crippen molar-refractivity contribution >= 4 is 48.4 Å². The van der Waals surface area contributed by atoms with Gasteiger partial charge in [0.1, 0.15) is 8.24 Å². The summed E-state index contributed by atoms with van der Waals surface area (Å²) in [5.74, 6) is 0. The minimum Gasteiger partial charge on any atom is -0.393 e. The van der Waals surface area contributed by atoms with Gasteiger partial charge in [0.25, 0.3) is 0 Å². The number of hydrogen-bond donors (Lipinski definition) is 0. The van der Waals surface area contributed by atoms with Gasteiger partial charge in [-0.3, -0.25) is 4.57 Å². The standard InChI is InChI=1S/C26H33NOP2Si2/c1-31(2,3)27-25(29-23-18-12-8-13-19-23)30(24-20-14-9-15-21-24)26(27,28-32(4,5)6)22-16-10-7-11-17-22/h7-21H,1-6H3. The molecular weight excluding hydrogens is 460 g/mol. The van der Waals surface area contributed by atoms with Crippen LogP contribution in [-0.2, 0) is 9.89 Å². The highest BCUT2D eigenvalue weighted by atomic mass is 31.1. The van der Waals surface area contributed by atoms with Crippen LogP contribution >= 0.6 is 16.1 Å². The van der Waals surface area contributed by atoms with Gasteiger partial charge >= 0.3 is 0 Å². The van der Waals surface area contributed by atoms with E-state index in [0.29, 0.717) is 0 Å². The molecule has 2 atom stereocenters. The number of rotatable bonds is 6. The van der Waals surface area contributed by atoms with E-state index in [1.165, 1.54) is 29.5 Å². The third kappa shape index (κ3) is 4.63. The van der Waals surface area contributed by atoms with Crippen LogP contribution in [0.3, 0.4) is 0 Å². The van der Waals surface area contributed by atoms with Crippen molar-refractivity contribution in [3.05, 3.63) is 96.6 Å². The van der Waals surface area contributed by atoms with Crippen LogP contribution in [0.4, 0.5) is 0 Å². The largest absolute Gasteiger partial charge is 0.393 e. The molecule has 2 unspecified atom stereocenters. The highest BCUT2D eigenvalue weighted by molar-refractivity contribution is 7.94. The lowest BCUT2D eigenvalue weighted by Gasteiger charge is -2.65. The van der Waals surface area contributed by atoms with E-state index >= 15 is 0 Å². The van der Waals surface area contributed by atoms with Gasteiger partial charge in [0.15, 0.2) is 13.8 Å². The molecule has 2 nitrogen and oxygen atoms in total. The van der Waals surface area contributed by atoms with Gasteiger partial charge in [-0.05, 0) is 33.1 Å². The van der Waals surface area contributed by atoms with Crippen LogP contribution in [0.5, 0.6) is 0 Å². The van der Waals surface area contributed by atoms with Crippen LogP contribution in [0, 0.1) is 0 Å². The monoisotopic (exact) mass is 493 g/mol. The fraction of sp³-hybridized carbons (Fsp3) is 0.269. The molecule has 0 spiro atoms. The maximum absolute atomic E-state index is 7.32. The summed E-state index contributed by atoms with van der Waals surface area (Å²) in [5, 5.41) is 4.28. The first-order valence-electron chi connectivity index (χ1n) is 11.2. The van der Waals surface area contributed by atoms with E-state index in [1.807, 2.05) is 0 Å². The zero-order valence-corrected chi connectivity index (χ0v) is 23.7. The van der Waals surface area contributed by atoms with Crippen LogP contribution in [0.1, 0.15) is 5.56 Å². The lowest BCUT2D eigenvalue weighted by molar-refractivity contribution is 0.0599. The Bertz CT molecular complexity index is 1080. The van der Waals surface area contributed by atoms with Crippen molar-refractivity contribution in [1.82, 2.24) is 4.57 Å². The second-order valence-electron chi connectivity index (χ2n) is 10.1. The molecule has 0 N–H and O–H groups in total. The third-order valence-corrected chi connectivity index (χ3v) is 13.2. The first-order chi connectivity index (χ1) is 15.1. The van der Waals surface area contributed by atoms with E-state index in [-0.39, 0.29) is 0 Å². The Morgan fingerprint density at radius 2 is 1.22 bits per heavy atom. The summed E-state index contributed by atoms with van der Waals surface area (Å²) < 4.78 is 10.1. The molecule has 0 aromatic heterocycles. The van der Waals surface area contributed by atoms with Crippen molar-refractivity contribution in [3.8, 4) is 0 Å². The van der Waals surface area contributed by atoms with Crippen LogP contribution < -0.4 is 10.6 Å².